The van der Waals surface area contributed by atoms with E-state index in [4.69, 9.17) is 16.6 Å². The van der Waals surface area contributed by atoms with Crippen LogP contribution in [0.25, 0.3) is 11.0 Å². The molecule has 0 spiro atoms. The number of hydrogen-bond acceptors (Lipinski definition) is 2. The number of nitrogens with zero attached hydrogens (tertiary/aromatic N) is 3. The SMILES string of the molecule is CCC[C@H](C(=O)N(C)Cc1ccccc1)n1c(Cc2ccccc2Cl)nc2ccccc21. The molecule has 0 aliphatic heterocycles. The zero-order valence-electron chi connectivity index (χ0n) is 18.5. The molecule has 0 aliphatic rings. The van der Waals surface area contributed by atoms with Crippen LogP contribution in [0.5, 0.6) is 0 Å². The van der Waals surface area contributed by atoms with Crippen LogP contribution in [0.3, 0.4) is 0 Å². The maximum atomic E-state index is 13.7. The first-order valence-electron chi connectivity index (χ1n) is 11.1. The predicted octanol–water partition coefficient (Wildman–Crippen LogP) is 6.28. The van der Waals surface area contributed by atoms with Gasteiger partial charge in [-0.05, 0) is 35.7 Å². The minimum Gasteiger partial charge on any atom is -0.340 e. The molecule has 32 heavy (non-hydrogen) atoms. The van der Waals surface area contributed by atoms with Crippen molar-refractivity contribution >= 4 is 28.5 Å². The van der Waals surface area contributed by atoms with Crippen molar-refractivity contribution in [1.82, 2.24) is 14.5 Å². The molecule has 0 N–H and O–H groups in total. The minimum atomic E-state index is -0.321. The molecule has 0 radical (unpaired) electrons. The zero-order valence-corrected chi connectivity index (χ0v) is 19.3. The second kappa shape index (κ2) is 10.0. The van der Waals surface area contributed by atoms with Crippen LogP contribution in [0, 0.1) is 0 Å². The van der Waals surface area contributed by atoms with Crippen LogP contribution in [0.1, 0.15) is 42.8 Å². The Kier molecular flexibility index (Phi) is 6.91. The van der Waals surface area contributed by atoms with E-state index in [-0.39, 0.29) is 11.9 Å². The number of para-hydroxylation sites is 2. The molecule has 1 amide bonds. The van der Waals surface area contributed by atoms with Gasteiger partial charge in [-0.15, -0.1) is 0 Å². The van der Waals surface area contributed by atoms with Crippen molar-refractivity contribution in [2.24, 2.45) is 0 Å². The number of amides is 1. The van der Waals surface area contributed by atoms with E-state index in [0.717, 1.165) is 40.8 Å². The molecule has 0 fully saturated rings. The van der Waals surface area contributed by atoms with E-state index in [1.54, 1.807) is 0 Å². The topological polar surface area (TPSA) is 38.1 Å². The van der Waals surface area contributed by atoms with Gasteiger partial charge in [0.2, 0.25) is 5.91 Å². The average molecular weight is 446 g/mol. The maximum Gasteiger partial charge on any atom is 0.245 e. The molecule has 3 aromatic carbocycles. The Labute approximate surface area is 194 Å². The van der Waals surface area contributed by atoms with Gasteiger partial charge in [0.15, 0.2) is 0 Å². The number of rotatable bonds is 8. The van der Waals surface area contributed by atoms with Crippen molar-refractivity contribution in [3.63, 3.8) is 0 Å². The molecule has 0 unspecified atom stereocenters. The fraction of sp³-hybridized carbons (Fsp3) is 0.259. The van der Waals surface area contributed by atoms with Crippen LogP contribution in [-0.4, -0.2) is 27.4 Å². The van der Waals surface area contributed by atoms with Crippen molar-refractivity contribution < 1.29 is 4.79 Å². The lowest BCUT2D eigenvalue weighted by Crippen LogP contribution is -2.34. The molecule has 4 nitrogen and oxygen atoms in total. The third-order valence-electron chi connectivity index (χ3n) is 5.77. The molecule has 0 bridgehead atoms. The molecule has 4 aromatic rings. The van der Waals surface area contributed by atoms with Gasteiger partial charge in [-0.1, -0.05) is 85.6 Å². The van der Waals surface area contributed by atoms with E-state index in [9.17, 15) is 4.79 Å². The Morgan fingerprint density at radius 2 is 1.69 bits per heavy atom. The Morgan fingerprint density at radius 3 is 2.44 bits per heavy atom. The van der Waals surface area contributed by atoms with Crippen molar-refractivity contribution in [2.75, 3.05) is 7.05 Å². The van der Waals surface area contributed by atoms with Gasteiger partial charge in [0.1, 0.15) is 11.9 Å². The molecule has 4 rings (SSSR count). The van der Waals surface area contributed by atoms with Crippen LogP contribution in [0.4, 0.5) is 0 Å². The summed E-state index contributed by atoms with van der Waals surface area (Å²) in [6.07, 6.45) is 2.21. The molecule has 0 saturated heterocycles. The molecule has 5 heteroatoms. The van der Waals surface area contributed by atoms with Crippen LogP contribution >= 0.6 is 11.6 Å². The average Bonchev–Trinajstić information content (AvgIpc) is 3.17. The maximum absolute atomic E-state index is 13.7. The van der Waals surface area contributed by atoms with E-state index in [1.807, 2.05) is 90.8 Å². The Morgan fingerprint density at radius 1 is 1.00 bits per heavy atom. The largest absolute Gasteiger partial charge is 0.340 e. The highest BCUT2D eigenvalue weighted by Crippen LogP contribution is 2.29. The highest BCUT2D eigenvalue weighted by molar-refractivity contribution is 6.31. The van der Waals surface area contributed by atoms with E-state index in [0.29, 0.717) is 18.0 Å². The summed E-state index contributed by atoms with van der Waals surface area (Å²) in [4.78, 5) is 20.4. The number of halogens is 1. The Balaban J connectivity index is 1.74. The second-order valence-electron chi connectivity index (χ2n) is 8.14. The summed E-state index contributed by atoms with van der Waals surface area (Å²) in [6, 6.07) is 25.6. The first-order chi connectivity index (χ1) is 15.6. The smallest absolute Gasteiger partial charge is 0.245 e. The Hall–Kier alpha value is -3.11. The molecule has 164 valence electrons. The van der Waals surface area contributed by atoms with Gasteiger partial charge >= 0.3 is 0 Å². The fourth-order valence-corrected chi connectivity index (χ4v) is 4.41. The van der Waals surface area contributed by atoms with E-state index >= 15 is 0 Å². The van der Waals surface area contributed by atoms with E-state index in [1.165, 1.54) is 0 Å². The Bertz CT molecular complexity index is 1200. The van der Waals surface area contributed by atoms with E-state index < -0.39 is 0 Å². The first kappa shape index (κ1) is 22.1. The number of likely N-dealkylation sites (N-methyl/N-ethyl adjacent to an activating group) is 1. The highest BCUT2D eigenvalue weighted by Gasteiger charge is 2.27. The third kappa shape index (κ3) is 4.71. The summed E-state index contributed by atoms with van der Waals surface area (Å²) in [5, 5.41) is 0.714. The number of imidazole rings is 1. The number of hydrogen-bond donors (Lipinski definition) is 0. The first-order valence-corrected chi connectivity index (χ1v) is 11.4. The van der Waals surface area contributed by atoms with Gasteiger partial charge < -0.3 is 9.47 Å². The molecular formula is C27H28ClN3O. The van der Waals surface area contributed by atoms with Crippen molar-refractivity contribution in [3.8, 4) is 0 Å². The molecule has 1 atom stereocenters. The summed E-state index contributed by atoms with van der Waals surface area (Å²) in [7, 11) is 1.88. The quantitative estimate of drug-likeness (QED) is 0.320. The minimum absolute atomic E-state index is 0.0965. The van der Waals surface area contributed by atoms with Crippen LogP contribution in [0.2, 0.25) is 5.02 Å². The predicted molar refractivity (Wildman–Crippen MR) is 131 cm³/mol. The lowest BCUT2D eigenvalue weighted by atomic mass is 10.1. The zero-order chi connectivity index (χ0) is 22.5. The van der Waals surface area contributed by atoms with Crippen LogP contribution in [-0.2, 0) is 17.8 Å². The van der Waals surface area contributed by atoms with Gasteiger partial charge in [0.05, 0.1) is 11.0 Å². The number of carbonyl (C=O) groups is 1. The molecular weight excluding hydrogens is 418 g/mol. The lowest BCUT2D eigenvalue weighted by Gasteiger charge is -2.26. The number of aromatic nitrogens is 2. The van der Waals surface area contributed by atoms with Gasteiger partial charge in [-0.25, -0.2) is 4.98 Å². The standard InChI is InChI=1S/C27H28ClN3O/c1-3-11-25(27(32)30(2)19-20-12-5-4-6-13-20)31-24-17-10-9-16-23(24)29-26(31)18-21-14-7-8-15-22(21)28/h4-10,12-17,25H,3,11,18-19H2,1-2H3/t25-/m1/s1. The number of fused-ring (bicyclic) bond motifs is 1. The normalized spacial score (nSPS) is 12.1. The summed E-state index contributed by atoms with van der Waals surface area (Å²) >= 11 is 6.46. The molecule has 1 aromatic heterocycles. The van der Waals surface area contributed by atoms with Gasteiger partial charge in [-0.2, -0.15) is 0 Å². The van der Waals surface area contributed by atoms with Crippen molar-refractivity contribution in [1.29, 1.82) is 0 Å². The monoisotopic (exact) mass is 445 g/mol. The number of benzene rings is 3. The molecule has 0 aliphatic carbocycles. The summed E-state index contributed by atoms with van der Waals surface area (Å²) in [5.41, 5.74) is 4.00. The molecule has 1 heterocycles. The van der Waals surface area contributed by atoms with Crippen molar-refractivity contribution in [2.45, 2.75) is 38.8 Å². The van der Waals surface area contributed by atoms with Gasteiger partial charge in [0.25, 0.3) is 0 Å². The second-order valence-corrected chi connectivity index (χ2v) is 8.55. The summed E-state index contributed by atoms with van der Waals surface area (Å²) < 4.78 is 2.13. The highest BCUT2D eigenvalue weighted by atomic mass is 35.5. The molecule has 0 saturated carbocycles. The third-order valence-corrected chi connectivity index (χ3v) is 6.14. The van der Waals surface area contributed by atoms with Crippen LogP contribution < -0.4 is 0 Å². The lowest BCUT2D eigenvalue weighted by molar-refractivity contribution is -0.134. The number of carbonyl (C=O) groups excluding carboxylic acids is 1. The summed E-state index contributed by atoms with van der Waals surface area (Å²) in [5.74, 6) is 0.957. The van der Waals surface area contributed by atoms with Gasteiger partial charge in [-0.3, -0.25) is 4.79 Å². The fourth-order valence-electron chi connectivity index (χ4n) is 4.20. The van der Waals surface area contributed by atoms with Gasteiger partial charge in [0, 0.05) is 25.0 Å². The van der Waals surface area contributed by atoms with Crippen molar-refractivity contribution in [3.05, 3.63) is 101 Å². The summed E-state index contributed by atoms with van der Waals surface area (Å²) in [6.45, 7) is 2.69. The van der Waals surface area contributed by atoms with Crippen LogP contribution in [0.15, 0.2) is 78.9 Å². The van der Waals surface area contributed by atoms with E-state index in [2.05, 4.69) is 11.5 Å².